The summed E-state index contributed by atoms with van der Waals surface area (Å²) in [5.74, 6) is 4.95. The second kappa shape index (κ2) is 10.1. The highest BCUT2D eigenvalue weighted by Gasteiger charge is 2.33. The molecule has 168 valence electrons. The van der Waals surface area contributed by atoms with Crippen molar-refractivity contribution in [1.82, 2.24) is 14.5 Å². The number of aromatic nitrogens is 3. The largest absolute Gasteiger partial charge is 0.489 e. The lowest BCUT2D eigenvalue weighted by Gasteiger charge is -2.13. The smallest absolute Gasteiger partial charge is 0.432 e. The number of halogens is 3. The van der Waals surface area contributed by atoms with Gasteiger partial charge in [-0.1, -0.05) is 5.92 Å². The molecule has 2 N–H and O–H groups in total. The molecule has 0 bridgehead atoms. The van der Waals surface area contributed by atoms with Crippen LogP contribution in [-0.4, -0.2) is 40.3 Å². The van der Waals surface area contributed by atoms with Gasteiger partial charge in [0.2, 0.25) is 0 Å². The summed E-state index contributed by atoms with van der Waals surface area (Å²) in [6.07, 6.45) is -0.268. The molecule has 0 spiro atoms. The molecule has 1 amide bonds. The van der Waals surface area contributed by atoms with Crippen molar-refractivity contribution in [2.75, 3.05) is 25.1 Å². The first kappa shape index (κ1) is 23.0. The number of aromatic amines is 1. The number of nitrogens with one attached hydrogen (secondary N) is 2. The Bertz CT molecular complexity index is 1140. The summed E-state index contributed by atoms with van der Waals surface area (Å²) in [6.45, 7) is 2.95. The molecule has 0 unspecified atom stereocenters. The minimum absolute atomic E-state index is 0.00376. The normalized spacial score (nSPS) is 11.0. The number of imidazole rings is 1. The first-order chi connectivity index (χ1) is 15.3. The number of aryl methyl sites for hydroxylation is 1. The van der Waals surface area contributed by atoms with E-state index in [1.54, 1.807) is 29.1 Å². The average molecular weight is 446 g/mol. The molecule has 0 aliphatic rings. The average Bonchev–Trinajstić information content (AvgIpc) is 3.40. The van der Waals surface area contributed by atoms with Crippen molar-refractivity contribution in [3.8, 4) is 29.0 Å². The van der Waals surface area contributed by atoms with Crippen molar-refractivity contribution in [3.63, 3.8) is 0 Å². The number of carbonyl (C=O) groups excluding carboxylic acids is 1. The van der Waals surface area contributed by atoms with Crippen molar-refractivity contribution in [2.45, 2.75) is 13.1 Å². The van der Waals surface area contributed by atoms with Gasteiger partial charge in [0.1, 0.15) is 23.9 Å². The number of hydrogen-bond donors (Lipinski definition) is 2. The summed E-state index contributed by atoms with van der Waals surface area (Å²) in [5.41, 5.74) is 0.281. The Morgan fingerprint density at radius 2 is 2.09 bits per heavy atom. The number of rotatable bonds is 7. The Morgan fingerprint density at radius 3 is 2.75 bits per heavy atom. The number of benzene rings is 1. The predicted octanol–water partition coefficient (Wildman–Crippen LogP) is 3.84. The lowest BCUT2D eigenvalue weighted by Crippen LogP contribution is -2.12. The van der Waals surface area contributed by atoms with E-state index in [1.165, 1.54) is 12.1 Å². The predicted molar refractivity (Wildman–Crippen MR) is 112 cm³/mol. The number of nitrogens with zero attached hydrogens (tertiary/aromatic N) is 2. The highest BCUT2D eigenvalue weighted by Crippen LogP contribution is 2.32. The summed E-state index contributed by atoms with van der Waals surface area (Å²) in [4.78, 5) is 18.4. The van der Waals surface area contributed by atoms with Crippen LogP contribution in [0.25, 0.3) is 11.4 Å². The number of amides is 1. The van der Waals surface area contributed by atoms with E-state index in [2.05, 4.69) is 27.1 Å². The second-order valence-corrected chi connectivity index (χ2v) is 6.67. The topological polar surface area (TPSA) is 81.2 Å². The Morgan fingerprint density at radius 1 is 1.28 bits per heavy atom. The van der Waals surface area contributed by atoms with Gasteiger partial charge in [-0.05, 0) is 31.2 Å². The number of H-pyrrole nitrogens is 1. The van der Waals surface area contributed by atoms with Gasteiger partial charge in [-0.15, -0.1) is 0 Å². The number of alkyl halides is 3. The Balaban J connectivity index is 1.84. The van der Waals surface area contributed by atoms with Crippen LogP contribution in [0.5, 0.6) is 5.75 Å². The highest BCUT2D eigenvalue weighted by molar-refractivity contribution is 6.05. The van der Waals surface area contributed by atoms with E-state index in [0.717, 1.165) is 0 Å². The molecule has 2 heterocycles. The number of carbonyl (C=O) groups is 1. The number of hydrogen-bond acceptors (Lipinski definition) is 4. The summed E-state index contributed by atoms with van der Waals surface area (Å²) in [7, 11) is 1.83. The molecular formula is C22H21F3N4O3. The van der Waals surface area contributed by atoms with Gasteiger partial charge in [-0.2, -0.15) is 13.2 Å². The first-order valence-electron chi connectivity index (χ1n) is 9.68. The maximum Gasteiger partial charge on any atom is 0.432 e. The summed E-state index contributed by atoms with van der Waals surface area (Å²) >= 11 is 0. The molecule has 1 aromatic carbocycles. The zero-order chi connectivity index (χ0) is 23.1. The molecule has 0 aliphatic carbocycles. The van der Waals surface area contributed by atoms with E-state index in [-0.39, 0.29) is 18.1 Å². The molecule has 3 rings (SSSR count). The van der Waals surface area contributed by atoms with Crippen LogP contribution in [0.4, 0.5) is 18.9 Å². The third kappa shape index (κ3) is 6.15. The summed E-state index contributed by atoms with van der Waals surface area (Å²) < 4.78 is 51.3. The lowest BCUT2D eigenvalue weighted by atomic mass is 10.1. The molecule has 0 fully saturated rings. The van der Waals surface area contributed by atoms with E-state index in [9.17, 15) is 18.0 Å². The van der Waals surface area contributed by atoms with Crippen LogP contribution in [0.15, 0.2) is 42.9 Å². The summed E-state index contributed by atoms with van der Waals surface area (Å²) in [5, 5.41) is 2.63. The van der Waals surface area contributed by atoms with E-state index in [1.807, 2.05) is 14.0 Å². The van der Waals surface area contributed by atoms with Crippen molar-refractivity contribution in [2.24, 2.45) is 7.05 Å². The quantitative estimate of drug-likeness (QED) is 0.427. The molecule has 10 heteroatoms. The monoisotopic (exact) mass is 446 g/mol. The van der Waals surface area contributed by atoms with Crippen molar-refractivity contribution in [3.05, 3.63) is 54.1 Å². The van der Waals surface area contributed by atoms with Gasteiger partial charge in [0.25, 0.3) is 0 Å². The van der Waals surface area contributed by atoms with Crippen molar-refractivity contribution < 1.29 is 27.4 Å². The Labute approximate surface area is 182 Å². The van der Waals surface area contributed by atoms with Gasteiger partial charge in [0, 0.05) is 43.1 Å². The summed E-state index contributed by atoms with van der Waals surface area (Å²) in [6, 6.07) is 6.31. The van der Waals surface area contributed by atoms with Crippen LogP contribution in [-0.2, 0) is 22.8 Å². The maximum absolute atomic E-state index is 12.9. The van der Waals surface area contributed by atoms with E-state index in [4.69, 9.17) is 9.47 Å². The fourth-order valence-corrected chi connectivity index (χ4v) is 2.73. The fraction of sp³-hybridized carbons (Fsp3) is 0.273. The van der Waals surface area contributed by atoms with Crippen LogP contribution >= 0.6 is 0 Å². The van der Waals surface area contributed by atoms with Crippen molar-refractivity contribution in [1.29, 1.82) is 0 Å². The number of anilines is 1. The van der Waals surface area contributed by atoms with Gasteiger partial charge < -0.3 is 24.3 Å². The van der Waals surface area contributed by atoms with Crippen LogP contribution in [0.2, 0.25) is 0 Å². The van der Waals surface area contributed by atoms with Gasteiger partial charge >= 0.3 is 12.1 Å². The molecule has 0 atom stereocenters. The van der Waals surface area contributed by atoms with Crippen LogP contribution in [0, 0.1) is 11.8 Å². The molecule has 3 aromatic rings. The molecule has 7 nitrogen and oxygen atoms in total. The van der Waals surface area contributed by atoms with Crippen LogP contribution in [0.3, 0.4) is 0 Å². The Kier molecular flexibility index (Phi) is 7.22. The van der Waals surface area contributed by atoms with Gasteiger partial charge in [-0.3, -0.25) is 4.79 Å². The second-order valence-electron chi connectivity index (χ2n) is 6.67. The molecule has 0 saturated carbocycles. The van der Waals surface area contributed by atoms with Crippen LogP contribution in [0.1, 0.15) is 18.2 Å². The zero-order valence-electron chi connectivity index (χ0n) is 17.4. The SMILES string of the molecule is CCOCCOc1ccc(-c2ncc(C(F)(F)F)[nH]2)cc1NC(=O)C#Cc1ccn(C)c1. The van der Waals surface area contributed by atoms with Crippen molar-refractivity contribution >= 4 is 11.6 Å². The van der Waals surface area contributed by atoms with Crippen LogP contribution < -0.4 is 10.1 Å². The molecule has 0 saturated heterocycles. The molecule has 0 radical (unpaired) electrons. The van der Waals surface area contributed by atoms with E-state index < -0.39 is 17.8 Å². The fourth-order valence-electron chi connectivity index (χ4n) is 2.73. The molecule has 0 aliphatic heterocycles. The third-order valence-corrected chi connectivity index (χ3v) is 4.22. The minimum atomic E-state index is -4.54. The molecule has 32 heavy (non-hydrogen) atoms. The Hall–Kier alpha value is -3.71. The molecular weight excluding hydrogens is 425 g/mol. The number of ether oxygens (including phenoxy) is 2. The molecule has 2 aromatic heterocycles. The highest BCUT2D eigenvalue weighted by atomic mass is 19.4. The standard InChI is InChI=1S/C22H21F3N4O3/c1-3-31-10-11-32-18-6-5-16(21-26-13-19(28-21)22(23,24)25)12-17(18)27-20(30)7-4-15-8-9-29(2)14-15/h5-6,8-9,12-14H,3,10-11H2,1-2H3,(H,26,28)(H,27,30). The van der Waals surface area contributed by atoms with Gasteiger partial charge in [0.05, 0.1) is 18.5 Å². The van der Waals surface area contributed by atoms with E-state index in [0.29, 0.717) is 36.3 Å². The lowest BCUT2D eigenvalue weighted by molar-refractivity contribution is -0.140. The van der Waals surface area contributed by atoms with Gasteiger partial charge in [0.15, 0.2) is 0 Å². The first-order valence-corrected chi connectivity index (χ1v) is 9.68. The van der Waals surface area contributed by atoms with Gasteiger partial charge in [-0.25, -0.2) is 4.98 Å². The van der Waals surface area contributed by atoms with E-state index >= 15 is 0 Å². The third-order valence-electron chi connectivity index (χ3n) is 4.22. The maximum atomic E-state index is 12.9. The minimum Gasteiger partial charge on any atom is -0.489 e. The zero-order valence-corrected chi connectivity index (χ0v) is 17.4.